The molecule has 0 spiro atoms. The Hall–Kier alpha value is -0.730. The van der Waals surface area contributed by atoms with Crippen LogP contribution < -0.4 is 5.32 Å². The molecule has 0 aliphatic heterocycles. The molecule has 0 unspecified atom stereocenters. The molecule has 0 atom stereocenters. The standard InChI is InChI=1S/C12H24NO2/c1-2-3-4-5-6-7-8-9-10-11-13-12(14)15/h2-11H2,1H3,(H,14,15). The highest BCUT2D eigenvalue weighted by atomic mass is 16.4. The topological polar surface area (TPSA) is 51.4 Å². The van der Waals surface area contributed by atoms with Crippen molar-refractivity contribution in [1.29, 1.82) is 0 Å². The van der Waals surface area contributed by atoms with Crippen LogP contribution in [0.15, 0.2) is 0 Å². The zero-order valence-corrected chi connectivity index (χ0v) is 9.87. The lowest BCUT2D eigenvalue weighted by Gasteiger charge is -2.01. The van der Waals surface area contributed by atoms with Crippen molar-refractivity contribution in [1.82, 2.24) is 5.32 Å². The van der Waals surface area contributed by atoms with Crippen LogP contribution >= 0.6 is 0 Å². The van der Waals surface area contributed by atoms with Crippen LogP contribution in [0.1, 0.15) is 64.7 Å². The van der Waals surface area contributed by atoms with E-state index in [0.29, 0.717) is 6.54 Å². The van der Waals surface area contributed by atoms with Crippen LogP contribution in [0.2, 0.25) is 0 Å². The van der Waals surface area contributed by atoms with Crippen molar-refractivity contribution in [2.24, 2.45) is 0 Å². The third-order valence-electron chi connectivity index (χ3n) is 2.51. The van der Waals surface area contributed by atoms with Crippen LogP contribution in [0.3, 0.4) is 0 Å². The summed E-state index contributed by atoms with van der Waals surface area (Å²) in [5.41, 5.74) is 0. The van der Waals surface area contributed by atoms with Crippen LogP contribution in [0.5, 0.6) is 0 Å². The molecule has 0 aromatic carbocycles. The van der Waals surface area contributed by atoms with Crippen LogP contribution in [0.25, 0.3) is 0 Å². The first kappa shape index (κ1) is 14.3. The molecule has 89 valence electrons. The van der Waals surface area contributed by atoms with Crippen molar-refractivity contribution in [3.8, 4) is 0 Å². The second-order valence-electron chi connectivity index (χ2n) is 3.99. The average molecular weight is 214 g/mol. The lowest BCUT2D eigenvalue weighted by Crippen LogP contribution is -2.13. The summed E-state index contributed by atoms with van der Waals surface area (Å²) in [7, 11) is 0. The molecule has 0 heterocycles. The van der Waals surface area contributed by atoms with E-state index in [-0.39, 0.29) is 0 Å². The average Bonchev–Trinajstić information content (AvgIpc) is 2.20. The van der Waals surface area contributed by atoms with Gasteiger partial charge in [0.25, 0.3) is 0 Å². The van der Waals surface area contributed by atoms with Gasteiger partial charge in [-0.05, 0) is 6.42 Å². The molecule has 0 fully saturated rings. The van der Waals surface area contributed by atoms with Gasteiger partial charge in [-0.3, -0.25) is 0 Å². The van der Waals surface area contributed by atoms with E-state index in [2.05, 4.69) is 12.2 Å². The molecular weight excluding hydrogens is 190 g/mol. The first-order valence-corrected chi connectivity index (χ1v) is 6.17. The van der Waals surface area contributed by atoms with E-state index in [1.807, 2.05) is 0 Å². The van der Waals surface area contributed by atoms with Crippen LogP contribution in [0, 0.1) is 0 Å². The van der Waals surface area contributed by atoms with Gasteiger partial charge in [-0.1, -0.05) is 58.3 Å². The molecule has 0 rings (SSSR count). The Morgan fingerprint density at radius 3 is 1.87 bits per heavy atom. The zero-order valence-electron chi connectivity index (χ0n) is 9.87. The predicted molar refractivity (Wildman–Crippen MR) is 62.3 cm³/mol. The van der Waals surface area contributed by atoms with Gasteiger partial charge >= 0.3 is 6.09 Å². The van der Waals surface area contributed by atoms with Crippen LogP contribution in [0.4, 0.5) is 4.79 Å². The van der Waals surface area contributed by atoms with Crippen LogP contribution in [-0.2, 0) is 0 Å². The van der Waals surface area contributed by atoms with Crippen molar-refractivity contribution in [2.45, 2.75) is 64.7 Å². The Morgan fingerprint density at radius 2 is 1.40 bits per heavy atom. The first-order valence-electron chi connectivity index (χ1n) is 6.17. The van der Waals surface area contributed by atoms with E-state index < -0.39 is 6.09 Å². The third kappa shape index (κ3) is 13.3. The Kier molecular flexibility index (Phi) is 10.8. The summed E-state index contributed by atoms with van der Waals surface area (Å²) >= 11 is 0. The number of unbranched alkanes of at least 4 members (excludes halogenated alkanes) is 8. The van der Waals surface area contributed by atoms with Gasteiger partial charge in [0, 0.05) is 6.54 Å². The van der Waals surface area contributed by atoms with E-state index in [1.54, 1.807) is 0 Å². The minimum absolute atomic E-state index is 0.477. The highest BCUT2D eigenvalue weighted by Gasteiger charge is 1.96. The maximum absolute atomic E-state index is 10.1. The maximum atomic E-state index is 10.1. The maximum Gasteiger partial charge on any atom is 0.426 e. The van der Waals surface area contributed by atoms with E-state index >= 15 is 0 Å². The summed E-state index contributed by atoms with van der Waals surface area (Å²) in [6, 6.07) is 0. The smallest absolute Gasteiger partial charge is 0.426 e. The molecule has 1 amide bonds. The van der Waals surface area contributed by atoms with Crippen molar-refractivity contribution in [3.63, 3.8) is 0 Å². The molecule has 0 aromatic heterocycles. The van der Waals surface area contributed by atoms with Crippen molar-refractivity contribution in [2.75, 3.05) is 6.54 Å². The normalized spacial score (nSPS) is 10.2. The fourth-order valence-electron chi connectivity index (χ4n) is 1.60. The molecule has 3 heteroatoms. The van der Waals surface area contributed by atoms with E-state index in [4.69, 9.17) is 5.11 Å². The Balaban J connectivity index is 2.89. The number of nitrogens with zero attached hydrogens (tertiary/aromatic N) is 1. The van der Waals surface area contributed by atoms with E-state index in [9.17, 15) is 4.79 Å². The Morgan fingerprint density at radius 1 is 0.933 bits per heavy atom. The van der Waals surface area contributed by atoms with Gasteiger partial charge in [0.1, 0.15) is 0 Å². The molecule has 1 radical (unpaired) electrons. The molecule has 0 saturated carbocycles. The molecule has 1 N–H and O–H groups in total. The summed E-state index contributed by atoms with van der Waals surface area (Å²) < 4.78 is 0. The van der Waals surface area contributed by atoms with E-state index in [0.717, 1.165) is 12.8 Å². The number of carboxylic acid groups (broad SMARTS) is 1. The summed E-state index contributed by atoms with van der Waals surface area (Å²) in [5.74, 6) is 0. The number of hydrogen-bond acceptors (Lipinski definition) is 1. The van der Waals surface area contributed by atoms with Crippen LogP contribution in [-0.4, -0.2) is 17.7 Å². The minimum Gasteiger partial charge on any atom is -0.464 e. The lowest BCUT2D eigenvalue weighted by atomic mass is 10.1. The fourth-order valence-corrected chi connectivity index (χ4v) is 1.60. The molecule has 0 saturated heterocycles. The monoisotopic (exact) mass is 214 g/mol. The number of rotatable bonds is 10. The Labute approximate surface area is 93.3 Å². The molecule has 0 aliphatic carbocycles. The Bertz CT molecular complexity index is 149. The summed E-state index contributed by atoms with van der Waals surface area (Å²) in [5, 5.41) is 11.7. The van der Waals surface area contributed by atoms with Gasteiger partial charge in [0.2, 0.25) is 0 Å². The van der Waals surface area contributed by atoms with Gasteiger partial charge < -0.3 is 5.11 Å². The van der Waals surface area contributed by atoms with Crippen molar-refractivity contribution < 1.29 is 9.90 Å². The highest BCUT2D eigenvalue weighted by molar-refractivity contribution is 5.63. The quantitative estimate of drug-likeness (QED) is 0.562. The van der Waals surface area contributed by atoms with Gasteiger partial charge in [-0.2, -0.15) is 0 Å². The third-order valence-corrected chi connectivity index (χ3v) is 2.51. The fraction of sp³-hybridized carbons (Fsp3) is 0.917. The largest absolute Gasteiger partial charge is 0.464 e. The van der Waals surface area contributed by atoms with Gasteiger partial charge in [-0.25, -0.2) is 10.1 Å². The summed E-state index contributed by atoms with van der Waals surface area (Å²) in [4.78, 5) is 10.1. The zero-order chi connectivity index (χ0) is 11.4. The number of amides is 1. The SMILES string of the molecule is CCCCCCCCCCC[N]C(=O)O. The second-order valence-corrected chi connectivity index (χ2v) is 3.99. The predicted octanol–water partition coefficient (Wildman–Crippen LogP) is 3.80. The van der Waals surface area contributed by atoms with Crippen molar-refractivity contribution in [3.05, 3.63) is 0 Å². The second kappa shape index (κ2) is 11.3. The molecular formula is C12H24NO2. The molecule has 3 nitrogen and oxygen atoms in total. The van der Waals surface area contributed by atoms with Gasteiger partial charge in [0.05, 0.1) is 0 Å². The lowest BCUT2D eigenvalue weighted by molar-refractivity contribution is 0.193. The molecule has 0 aromatic rings. The number of carbonyl (C=O) groups is 1. The van der Waals surface area contributed by atoms with Gasteiger partial charge in [0.15, 0.2) is 0 Å². The highest BCUT2D eigenvalue weighted by Crippen LogP contribution is 2.09. The van der Waals surface area contributed by atoms with Crippen molar-refractivity contribution >= 4 is 6.09 Å². The summed E-state index contributed by atoms with van der Waals surface area (Å²) in [6.07, 6.45) is 10.2. The minimum atomic E-state index is -1.03. The first-order chi connectivity index (χ1) is 7.27. The van der Waals surface area contributed by atoms with E-state index in [1.165, 1.54) is 44.9 Å². The molecule has 15 heavy (non-hydrogen) atoms. The number of hydrogen-bond donors (Lipinski definition) is 1. The van der Waals surface area contributed by atoms with Gasteiger partial charge in [-0.15, -0.1) is 0 Å². The molecule has 0 aliphatic rings. The summed E-state index contributed by atoms with van der Waals surface area (Å²) in [6.45, 7) is 2.71. The molecule has 0 bridgehead atoms.